The monoisotopic (exact) mass is 416 g/mol. The molecule has 2 heterocycles. The Labute approximate surface area is 163 Å². The molecule has 5 heteroatoms. The summed E-state index contributed by atoms with van der Waals surface area (Å²) in [6.07, 6.45) is 9.09. The molecule has 0 bridgehead atoms. The Bertz CT molecular complexity index is 778. The summed E-state index contributed by atoms with van der Waals surface area (Å²) in [5.74, 6) is 1.74. The van der Waals surface area contributed by atoms with Gasteiger partial charge in [0.15, 0.2) is 0 Å². The molecule has 26 heavy (non-hydrogen) atoms. The van der Waals surface area contributed by atoms with Crippen molar-refractivity contribution in [3.63, 3.8) is 0 Å². The van der Waals surface area contributed by atoms with Crippen molar-refractivity contribution in [3.05, 3.63) is 52.0 Å². The maximum atomic E-state index is 6.33. The van der Waals surface area contributed by atoms with E-state index in [9.17, 15) is 0 Å². The number of benzene rings is 1. The number of morpholine rings is 1. The van der Waals surface area contributed by atoms with E-state index in [0.29, 0.717) is 0 Å². The molecule has 0 atom stereocenters. The molecule has 0 radical (unpaired) electrons. The molecule has 138 valence electrons. The summed E-state index contributed by atoms with van der Waals surface area (Å²) < 4.78 is 12.9. The van der Waals surface area contributed by atoms with E-state index >= 15 is 0 Å². The molecule has 2 aliphatic rings. The predicted molar refractivity (Wildman–Crippen MR) is 108 cm³/mol. The molecule has 1 saturated heterocycles. The van der Waals surface area contributed by atoms with Gasteiger partial charge in [-0.3, -0.25) is 0 Å². The number of hydrogen-bond acceptors (Lipinski definition) is 4. The topological polar surface area (TPSA) is 38.5 Å². The first-order valence-corrected chi connectivity index (χ1v) is 10.3. The van der Waals surface area contributed by atoms with Crippen LogP contribution in [-0.2, 0) is 11.2 Å². The Hall–Kier alpha value is -1.59. The van der Waals surface area contributed by atoms with Gasteiger partial charge < -0.3 is 14.1 Å². The second kappa shape index (κ2) is 8.40. The van der Waals surface area contributed by atoms with Crippen molar-refractivity contribution in [2.75, 3.05) is 31.2 Å². The van der Waals surface area contributed by atoms with E-state index in [4.69, 9.17) is 14.1 Å². The highest BCUT2D eigenvalue weighted by Crippen LogP contribution is 2.32. The first kappa shape index (κ1) is 17.8. The fraction of sp³-hybridized carbons (Fsp3) is 0.476. The zero-order chi connectivity index (χ0) is 17.8. The Morgan fingerprint density at radius 2 is 2.00 bits per heavy atom. The molecule has 1 aliphatic carbocycles. The van der Waals surface area contributed by atoms with Gasteiger partial charge in [-0.15, -0.1) is 0 Å². The molecule has 0 spiro atoms. The maximum Gasteiger partial charge on any atom is 0.224 e. The van der Waals surface area contributed by atoms with Crippen LogP contribution in [0.3, 0.4) is 0 Å². The summed E-state index contributed by atoms with van der Waals surface area (Å²) in [5, 5.41) is 0. The minimum Gasteiger partial charge on any atom is -0.421 e. The zero-order valence-corrected chi connectivity index (χ0v) is 16.6. The van der Waals surface area contributed by atoms with Gasteiger partial charge in [0, 0.05) is 29.6 Å². The molecule has 1 aliphatic heterocycles. The molecular weight excluding hydrogens is 392 g/mol. The Balaban J connectivity index is 1.66. The van der Waals surface area contributed by atoms with E-state index in [2.05, 4.69) is 51.2 Å². The molecule has 1 aromatic carbocycles. The van der Waals surface area contributed by atoms with E-state index in [1.807, 2.05) is 0 Å². The average molecular weight is 417 g/mol. The summed E-state index contributed by atoms with van der Waals surface area (Å²) >= 11 is 3.57. The van der Waals surface area contributed by atoms with Gasteiger partial charge in [-0.25, -0.2) is 4.98 Å². The first-order valence-electron chi connectivity index (χ1n) is 9.56. The van der Waals surface area contributed by atoms with Gasteiger partial charge in [-0.2, -0.15) is 0 Å². The van der Waals surface area contributed by atoms with Crippen molar-refractivity contribution in [1.29, 1.82) is 0 Å². The van der Waals surface area contributed by atoms with Gasteiger partial charge >= 0.3 is 0 Å². The second-order valence-corrected chi connectivity index (χ2v) is 7.92. The van der Waals surface area contributed by atoms with Crippen molar-refractivity contribution in [2.45, 2.75) is 38.5 Å². The molecule has 0 saturated carbocycles. The van der Waals surface area contributed by atoms with Crippen LogP contribution in [0, 0.1) is 0 Å². The Kier molecular flexibility index (Phi) is 5.75. The number of oxazole rings is 1. The van der Waals surface area contributed by atoms with Gasteiger partial charge in [-0.05, 0) is 43.4 Å². The van der Waals surface area contributed by atoms with Crippen LogP contribution in [0.25, 0.3) is 5.57 Å². The normalized spacial score (nSPS) is 18.5. The number of halogens is 1. The van der Waals surface area contributed by atoms with Crippen molar-refractivity contribution in [3.8, 4) is 0 Å². The molecular formula is C21H25BrN2O2. The molecule has 0 N–H and O–H groups in total. The van der Waals surface area contributed by atoms with Crippen LogP contribution < -0.4 is 4.90 Å². The summed E-state index contributed by atoms with van der Waals surface area (Å²) in [5.41, 5.74) is 3.55. The van der Waals surface area contributed by atoms with Crippen LogP contribution in [0.5, 0.6) is 0 Å². The minimum atomic E-state index is 0.745. The lowest BCUT2D eigenvalue weighted by atomic mass is 10.1. The van der Waals surface area contributed by atoms with Crippen molar-refractivity contribution in [2.24, 2.45) is 0 Å². The average Bonchev–Trinajstić information content (AvgIpc) is 2.88. The lowest BCUT2D eigenvalue weighted by Crippen LogP contribution is -2.36. The molecule has 2 aromatic rings. The number of nitrogens with zero attached hydrogens (tertiary/aromatic N) is 2. The van der Waals surface area contributed by atoms with Crippen molar-refractivity contribution >= 4 is 27.4 Å². The number of anilines is 1. The molecule has 0 amide bonds. The third-order valence-electron chi connectivity index (χ3n) is 5.05. The van der Waals surface area contributed by atoms with Crippen LogP contribution in [-0.4, -0.2) is 31.3 Å². The maximum absolute atomic E-state index is 6.33. The van der Waals surface area contributed by atoms with Gasteiger partial charge in [0.1, 0.15) is 5.69 Å². The molecule has 4 rings (SSSR count). The summed E-state index contributed by atoms with van der Waals surface area (Å²) in [4.78, 5) is 7.23. The van der Waals surface area contributed by atoms with E-state index in [0.717, 1.165) is 67.5 Å². The molecule has 1 aromatic heterocycles. The smallest absolute Gasteiger partial charge is 0.224 e. The fourth-order valence-corrected chi connectivity index (χ4v) is 4.11. The first-order chi connectivity index (χ1) is 12.8. The van der Waals surface area contributed by atoms with Crippen molar-refractivity contribution < 1.29 is 9.15 Å². The third kappa shape index (κ3) is 4.21. The van der Waals surface area contributed by atoms with E-state index < -0.39 is 0 Å². The number of rotatable bonds is 4. The fourth-order valence-electron chi connectivity index (χ4n) is 3.66. The standard InChI is InChI=1S/C21H25BrN2O2/c22-18-9-5-6-16(14-18)15-19-21(24-10-12-25-13-11-24)26-20(23-19)17-7-3-1-2-4-8-17/h5-7,9,14H,1-4,8,10-13,15H2. The van der Waals surface area contributed by atoms with Crippen LogP contribution in [0.4, 0.5) is 5.88 Å². The molecule has 4 nitrogen and oxygen atoms in total. The number of hydrogen-bond donors (Lipinski definition) is 0. The summed E-state index contributed by atoms with van der Waals surface area (Å²) in [6, 6.07) is 8.43. The van der Waals surface area contributed by atoms with Crippen LogP contribution in [0.15, 0.2) is 39.2 Å². The summed E-state index contributed by atoms with van der Waals surface area (Å²) in [7, 11) is 0. The van der Waals surface area contributed by atoms with Gasteiger partial charge in [0.25, 0.3) is 0 Å². The van der Waals surface area contributed by atoms with Gasteiger partial charge in [0.2, 0.25) is 11.8 Å². The SMILES string of the molecule is Brc1cccc(Cc2nc(C3=CCCCCC3)oc2N2CCOCC2)c1. The van der Waals surface area contributed by atoms with Crippen LogP contribution in [0.2, 0.25) is 0 Å². The lowest BCUT2D eigenvalue weighted by Gasteiger charge is -2.26. The largest absolute Gasteiger partial charge is 0.421 e. The molecule has 1 fully saturated rings. The highest BCUT2D eigenvalue weighted by molar-refractivity contribution is 9.10. The van der Waals surface area contributed by atoms with Crippen LogP contribution >= 0.6 is 15.9 Å². The molecule has 0 unspecified atom stereocenters. The number of aromatic nitrogens is 1. The quantitative estimate of drug-likeness (QED) is 0.685. The van der Waals surface area contributed by atoms with Crippen LogP contribution in [0.1, 0.15) is 49.3 Å². The Morgan fingerprint density at radius 1 is 1.12 bits per heavy atom. The highest BCUT2D eigenvalue weighted by Gasteiger charge is 2.23. The van der Waals surface area contributed by atoms with E-state index in [1.54, 1.807) is 0 Å². The van der Waals surface area contributed by atoms with Crippen molar-refractivity contribution in [1.82, 2.24) is 4.98 Å². The lowest BCUT2D eigenvalue weighted by molar-refractivity contribution is 0.120. The van der Waals surface area contributed by atoms with E-state index in [-0.39, 0.29) is 0 Å². The minimum absolute atomic E-state index is 0.745. The van der Waals surface area contributed by atoms with Gasteiger partial charge in [0.05, 0.1) is 13.2 Å². The van der Waals surface area contributed by atoms with E-state index in [1.165, 1.54) is 30.4 Å². The zero-order valence-electron chi connectivity index (χ0n) is 15.0. The second-order valence-electron chi connectivity index (χ2n) is 7.01. The Morgan fingerprint density at radius 3 is 2.85 bits per heavy atom. The predicted octanol–water partition coefficient (Wildman–Crippen LogP) is 5.21. The number of allylic oxidation sites excluding steroid dienone is 2. The highest BCUT2D eigenvalue weighted by atomic mass is 79.9. The van der Waals surface area contributed by atoms with Gasteiger partial charge in [-0.1, -0.05) is 40.6 Å². The third-order valence-corrected chi connectivity index (χ3v) is 5.54. The number of ether oxygens (including phenoxy) is 1. The summed E-state index contributed by atoms with van der Waals surface area (Å²) in [6.45, 7) is 3.21.